The molecular weight excluding hydrogens is 471 g/mol. The number of nitrogens with zero attached hydrogens (tertiary/aromatic N) is 6. The lowest BCUT2D eigenvalue weighted by Gasteiger charge is -2.59. The average molecular weight is 497 g/mol. The first-order chi connectivity index (χ1) is 16.9. The summed E-state index contributed by atoms with van der Waals surface area (Å²) in [6, 6.07) is 8.62. The number of hydrogen-bond donors (Lipinski definition) is 0. The minimum absolute atomic E-state index is 0.225. The molecule has 2 fully saturated rings. The van der Waals surface area contributed by atoms with Crippen LogP contribution in [0.2, 0.25) is 5.02 Å². The fraction of sp³-hybridized carbons (Fsp3) is 0.440. The van der Waals surface area contributed by atoms with Crippen LogP contribution in [-0.4, -0.2) is 50.4 Å². The van der Waals surface area contributed by atoms with E-state index in [2.05, 4.69) is 24.6 Å². The number of halogens is 2. The summed E-state index contributed by atoms with van der Waals surface area (Å²) in [7, 11) is 0. The van der Waals surface area contributed by atoms with Crippen LogP contribution >= 0.6 is 11.6 Å². The normalized spacial score (nSPS) is 20.5. The molecule has 10 heteroatoms. The third kappa shape index (κ3) is 3.64. The number of benzene rings is 1. The Labute approximate surface area is 207 Å². The van der Waals surface area contributed by atoms with Crippen LogP contribution in [0.5, 0.6) is 0 Å². The summed E-state index contributed by atoms with van der Waals surface area (Å²) in [6.07, 6.45) is 2.89. The maximum atomic E-state index is 13.2. The highest BCUT2D eigenvalue weighted by Gasteiger charge is 2.54. The summed E-state index contributed by atoms with van der Waals surface area (Å²) in [4.78, 5) is 20.8. The number of fused-ring (bicyclic) bond motifs is 3. The topological polar surface area (TPSA) is 76.4 Å². The smallest absolute Gasteiger partial charge is 0.410 e. The lowest BCUT2D eigenvalue weighted by molar-refractivity contribution is 0.0581. The molecule has 2 aromatic heterocycles. The molecule has 6 rings (SSSR count). The predicted octanol–water partition coefficient (Wildman–Crippen LogP) is 4.87. The van der Waals surface area contributed by atoms with E-state index in [1.54, 1.807) is 17.9 Å². The van der Waals surface area contributed by atoms with E-state index in [1.165, 1.54) is 12.3 Å². The van der Waals surface area contributed by atoms with Crippen molar-refractivity contribution in [2.75, 3.05) is 24.6 Å². The number of aromatic nitrogens is 4. The van der Waals surface area contributed by atoms with Gasteiger partial charge >= 0.3 is 6.09 Å². The van der Waals surface area contributed by atoms with Crippen molar-refractivity contribution in [3.8, 4) is 5.69 Å². The highest BCUT2D eigenvalue weighted by atomic mass is 35.5. The number of rotatable bonds is 3. The molecule has 3 aliphatic rings. The molecule has 1 aliphatic carbocycles. The third-order valence-electron chi connectivity index (χ3n) is 7.49. The third-order valence-corrected chi connectivity index (χ3v) is 7.73. The first kappa shape index (κ1) is 22.3. The fourth-order valence-electron chi connectivity index (χ4n) is 5.79. The van der Waals surface area contributed by atoms with Gasteiger partial charge in [-0.25, -0.2) is 14.2 Å². The van der Waals surface area contributed by atoms with E-state index in [1.807, 2.05) is 25.1 Å². The van der Waals surface area contributed by atoms with Gasteiger partial charge in [-0.05, 0) is 62.6 Å². The summed E-state index contributed by atoms with van der Waals surface area (Å²) < 4.78 is 20.6. The van der Waals surface area contributed by atoms with Crippen molar-refractivity contribution >= 4 is 23.5 Å². The summed E-state index contributed by atoms with van der Waals surface area (Å²) in [5.74, 6) is 2.41. The summed E-state index contributed by atoms with van der Waals surface area (Å²) >= 11 is 6.33. The maximum absolute atomic E-state index is 13.2. The first-order valence-corrected chi connectivity index (χ1v) is 12.3. The van der Waals surface area contributed by atoms with Crippen molar-refractivity contribution in [1.29, 1.82) is 0 Å². The number of amides is 1. The van der Waals surface area contributed by atoms with E-state index in [-0.39, 0.29) is 29.3 Å². The zero-order valence-electron chi connectivity index (χ0n) is 19.6. The van der Waals surface area contributed by atoms with Gasteiger partial charge in [0.05, 0.1) is 31.1 Å². The van der Waals surface area contributed by atoms with E-state index in [9.17, 15) is 9.18 Å². The zero-order valence-corrected chi connectivity index (χ0v) is 20.4. The standard InChI is InChI=1S/C25H26ClFN6O2/c1-3-35-24(34)32-12-16-8-18(26)4-6-20(16)33-22(15(32)2)29-30-23(33)17-9-25(10-17)13-31(14-25)21-7-5-19(27)11-28-21/h4-8,11,15,17H,3,9-10,12-14H2,1-2H3. The summed E-state index contributed by atoms with van der Waals surface area (Å²) in [6.45, 7) is 6.25. The lowest BCUT2D eigenvalue weighted by atomic mass is 9.57. The van der Waals surface area contributed by atoms with Gasteiger partial charge in [0.2, 0.25) is 0 Å². The molecule has 0 bridgehead atoms. The summed E-state index contributed by atoms with van der Waals surface area (Å²) in [5.41, 5.74) is 2.11. The molecule has 182 valence electrons. The van der Waals surface area contributed by atoms with Gasteiger partial charge in [0, 0.05) is 29.4 Å². The molecular formula is C25H26ClFN6O2. The first-order valence-electron chi connectivity index (χ1n) is 11.9. The monoisotopic (exact) mass is 496 g/mol. The minimum Gasteiger partial charge on any atom is -0.450 e. The van der Waals surface area contributed by atoms with Crippen LogP contribution in [0.4, 0.5) is 15.0 Å². The van der Waals surface area contributed by atoms with E-state index in [0.717, 1.165) is 54.6 Å². The largest absolute Gasteiger partial charge is 0.450 e. The zero-order chi connectivity index (χ0) is 24.3. The van der Waals surface area contributed by atoms with Crippen LogP contribution in [0.1, 0.15) is 55.9 Å². The van der Waals surface area contributed by atoms with E-state index < -0.39 is 0 Å². The number of carbonyl (C=O) groups excluding carboxylic acids is 1. The number of hydrogen-bond acceptors (Lipinski definition) is 6. The average Bonchev–Trinajstić information content (AvgIpc) is 3.16. The van der Waals surface area contributed by atoms with Crippen molar-refractivity contribution < 1.29 is 13.9 Å². The van der Waals surface area contributed by atoms with Gasteiger partial charge in [0.25, 0.3) is 0 Å². The van der Waals surface area contributed by atoms with Crippen LogP contribution < -0.4 is 4.90 Å². The molecule has 3 aromatic rings. The number of anilines is 1. The van der Waals surface area contributed by atoms with Crippen molar-refractivity contribution in [3.63, 3.8) is 0 Å². The van der Waals surface area contributed by atoms with Crippen molar-refractivity contribution in [2.24, 2.45) is 5.41 Å². The van der Waals surface area contributed by atoms with Crippen molar-refractivity contribution in [2.45, 2.75) is 45.2 Å². The highest BCUT2D eigenvalue weighted by Crippen LogP contribution is 2.56. The predicted molar refractivity (Wildman–Crippen MR) is 128 cm³/mol. The molecule has 0 radical (unpaired) electrons. The molecule has 2 aliphatic heterocycles. The molecule has 1 spiro atoms. The van der Waals surface area contributed by atoms with Crippen LogP contribution in [0, 0.1) is 11.2 Å². The highest BCUT2D eigenvalue weighted by molar-refractivity contribution is 6.30. The van der Waals surface area contributed by atoms with Gasteiger partial charge in [-0.15, -0.1) is 10.2 Å². The van der Waals surface area contributed by atoms with Gasteiger partial charge in [0.1, 0.15) is 17.5 Å². The SMILES string of the molecule is CCOC(=O)N1Cc2cc(Cl)ccc2-n2c(C3CC4(C3)CN(c3ccc(F)cn3)C4)nnc2C1C. The Morgan fingerprint density at radius 3 is 2.69 bits per heavy atom. The Morgan fingerprint density at radius 2 is 1.97 bits per heavy atom. The molecule has 1 saturated carbocycles. The molecule has 35 heavy (non-hydrogen) atoms. The Hall–Kier alpha value is -3.20. The molecule has 1 amide bonds. The second kappa shape index (κ2) is 8.19. The van der Waals surface area contributed by atoms with E-state index in [0.29, 0.717) is 18.2 Å². The molecule has 4 heterocycles. The molecule has 1 unspecified atom stereocenters. The Kier molecular flexibility index (Phi) is 5.21. The molecule has 1 aromatic carbocycles. The summed E-state index contributed by atoms with van der Waals surface area (Å²) in [5, 5.41) is 9.78. The van der Waals surface area contributed by atoms with Gasteiger partial charge in [-0.2, -0.15) is 0 Å². The lowest BCUT2D eigenvalue weighted by Crippen LogP contribution is -2.62. The van der Waals surface area contributed by atoms with Crippen molar-refractivity contribution in [1.82, 2.24) is 24.6 Å². The number of carbonyl (C=O) groups is 1. The van der Waals surface area contributed by atoms with Gasteiger partial charge in [0.15, 0.2) is 5.82 Å². The second-order valence-electron chi connectivity index (χ2n) is 9.82. The van der Waals surface area contributed by atoms with Crippen molar-refractivity contribution in [3.05, 3.63) is 64.6 Å². The molecule has 1 atom stereocenters. The van der Waals surface area contributed by atoms with Gasteiger partial charge < -0.3 is 9.64 Å². The second-order valence-corrected chi connectivity index (χ2v) is 10.3. The maximum Gasteiger partial charge on any atom is 0.410 e. The Balaban J connectivity index is 1.27. The number of pyridine rings is 1. The van der Waals surface area contributed by atoms with E-state index in [4.69, 9.17) is 16.3 Å². The molecule has 8 nitrogen and oxygen atoms in total. The van der Waals surface area contributed by atoms with Crippen LogP contribution in [0.3, 0.4) is 0 Å². The Bertz CT molecular complexity index is 1280. The van der Waals surface area contributed by atoms with Gasteiger partial charge in [-0.1, -0.05) is 11.6 Å². The molecule has 0 N–H and O–H groups in total. The van der Waals surface area contributed by atoms with E-state index >= 15 is 0 Å². The minimum atomic E-state index is -0.379. The molecule has 1 saturated heterocycles. The van der Waals surface area contributed by atoms with Gasteiger partial charge in [-0.3, -0.25) is 9.47 Å². The van der Waals surface area contributed by atoms with Crippen LogP contribution in [-0.2, 0) is 11.3 Å². The Morgan fingerprint density at radius 1 is 1.20 bits per heavy atom. The van der Waals surface area contributed by atoms with Crippen LogP contribution in [0.25, 0.3) is 5.69 Å². The quantitative estimate of drug-likeness (QED) is 0.515. The fourth-order valence-corrected chi connectivity index (χ4v) is 5.98. The number of ether oxygens (including phenoxy) is 1. The van der Waals surface area contributed by atoms with Crippen LogP contribution in [0.15, 0.2) is 36.5 Å².